The molecule has 2 aliphatic rings. The summed E-state index contributed by atoms with van der Waals surface area (Å²) in [5.41, 5.74) is 0. The Bertz CT molecular complexity index is 189. The highest BCUT2D eigenvalue weighted by molar-refractivity contribution is 5.70. The third-order valence-electron chi connectivity index (χ3n) is 2.59. The van der Waals surface area contributed by atoms with Gasteiger partial charge in [-0.1, -0.05) is 0 Å². The summed E-state index contributed by atoms with van der Waals surface area (Å²) in [7, 11) is 0. The van der Waals surface area contributed by atoms with Gasteiger partial charge in [0.15, 0.2) is 0 Å². The molecular weight excluding hydrogens is 156 g/mol. The molecule has 0 aromatic heterocycles. The van der Waals surface area contributed by atoms with Crippen molar-refractivity contribution in [3.05, 3.63) is 0 Å². The number of alkyl carbamates (subject to hydrolysis) is 1. The highest BCUT2D eigenvalue weighted by Crippen LogP contribution is 2.20. The number of hydrogen-bond acceptors (Lipinski definition) is 3. The molecule has 0 aromatic carbocycles. The van der Waals surface area contributed by atoms with E-state index in [2.05, 4.69) is 24.1 Å². The first-order chi connectivity index (χ1) is 5.66. The number of amides is 1. The van der Waals surface area contributed by atoms with Gasteiger partial charge in [-0.3, -0.25) is 4.90 Å². The summed E-state index contributed by atoms with van der Waals surface area (Å²) in [6.07, 6.45) is -0.173. The molecule has 1 amide bonds. The fraction of sp³-hybridized carbons (Fsp3) is 0.875. The van der Waals surface area contributed by atoms with E-state index in [9.17, 15) is 4.79 Å². The minimum absolute atomic E-state index is 0.0832. The minimum Gasteiger partial charge on any atom is -0.443 e. The highest BCUT2D eigenvalue weighted by atomic mass is 16.6. The first kappa shape index (κ1) is 7.86. The van der Waals surface area contributed by atoms with Crippen molar-refractivity contribution in [1.82, 2.24) is 10.2 Å². The van der Waals surface area contributed by atoms with Crippen molar-refractivity contribution in [3.63, 3.8) is 0 Å². The van der Waals surface area contributed by atoms with Crippen LogP contribution in [0.25, 0.3) is 0 Å². The van der Waals surface area contributed by atoms with Crippen molar-refractivity contribution in [2.45, 2.75) is 32.0 Å². The van der Waals surface area contributed by atoms with Crippen molar-refractivity contribution < 1.29 is 9.53 Å². The molecule has 0 aromatic rings. The van der Waals surface area contributed by atoms with Crippen LogP contribution in [0.3, 0.4) is 0 Å². The zero-order chi connectivity index (χ0) is 8.72. The number of fused-ring (bicyclic) bond motifs is 1. The quantitative estimate of drug-likeness (QED) is 0.610. The van der Waals surface area contributed by atoms with Crippen molar-refractivity contribution >= 4 is 6.09 Å². The molecule has 0 bridgehead atoms. The van der Waals surface area contributed by atoms with Crippen LogP contribution in [0, 0.1) is 0 Å². The van der Waals surface area contributed by atoms with Crippen LogP contribution in [0.15, 0.2) is 0 Å². The second-order valence-corrected chi connectivity index (χ2v) is 3.74. The van der Waals surface area contributed by atoms with Gasteiger partial charge in [0.1, 0.15) is 6.10 Å². The first-order valence-corrected chi connectivity index (χ1v) is 4.38. The molecule has 0 aliphatic carbocycles. The van der Waals surface area contributed by atoms with Crippen LogP contribution in [0.5, 0.6) is 0 Å². The Hall–Kier alpha value is -0.770. The number of likely N-dealkylation sites (tertiary alicyclic amines) is 1. The zero-order valence-electron chi connectivity index (χ0n) is 7.41. The molecule has 2 heterocycles. The van der Waals surface area contributed by atoms with Gasteiger partial charge >= 0.3 is 6.09 Å². The topological polar surface area (TPSA) is 41.6 Å². The Morgan fingerprint density at radius 3 is 2.92 bits per heavy atom. The molecule has 12 heavy (non-hydrogen) atoms. The number of carbonyl (C=O) groups is 1. The van der Waals surface area contributed by atoms with Gasteiger partial charge in [0.25, 0.3) is 0 Å². The molecule has 4 nitrogen and oxygen atoms in total. The van der Waals surface area contributed by atoms with Gasteiger partial charge < -0.3 is 10.1 Å². The number of rotatable bonds is 1. The van der Waals surface area contributed by atoms with E-state index in [4.69, 9.17) is 4.74 Å². The maximum absolute atomic E-state index is 10.8. The smallest absolute Gasteiger partial charge is 0.407 e. The molecule has 2 aliphatic heterocycles. The lowest BCUT2D eigenvalue weighted by atomic mass is 10.2. The summed E-state index contributed by atoms with van der Waals surface area (Å²) in [5, 5.41) is 2.80. The van der Waals surface area contributed by atoms with Gasteiger partial charge in [-0.15, -0.1) is 0 Å². The predicted molar refractivity (Wildman–Crippen MR) is 43.9 cm³/mol. The van der Waals surface area contributed by atoms with Crippen molar-refractivity contribution in [2.75, 3.05) is 13.1 Å². The largest absolute Gasteiger partial charge is 0.443 e. The molecule has 2 rings (SSSR count). The molecule has 2 saturated heterocycles. The van der Waals surface area contributed by atoms with E-state index in [1.54, 1.807) is 0 Å². The second-order valence-electron chi connectivity index (χ2n) is 3.74. The van der Waals surface area contributed by atoms with Gasteiger partial charge in [-0.05, 0) is 13.8 Å². The van der Waals surface area contributed by atoms with Crippen LogP contribution in [-0.2, 0) is 4.74 Å². The van der Waals surface area contributed by atoms with E-state index in [0.717, 1.165) is 13.1 Å². The maximum Gasteiger partial charge on any atom is 0.407 e. The Balaban J connectivity index is 1.97. The summed E-state index contributed by atoms with van der Waals surface area (Å²) in [5.74, 6) is 0. The van der Waals surface area contributed by atoms with Gasteiger partial charge in [-0.2, -0.15) is 0 Å². The van der Waals surface area contributed by atoms with Crippen LogP contribution < -0.4 is 5.32 Å². The fourth-order valence-corrected chi connectivity index (χ4v) is 1.81. The average Bonchev–Trinajstić information content (AvgIpc) is 2.42. The monoisotopic (exact) mass is 170 g/mol. The van der Waals surface area contributed by atoms with Crippen LogP contribution in [0.2, 0.25) is 0 Å². The van der Waals surface area contributed by atoms with E-state index in [1.807, 2.05) is 0 Å². The number of ether oxygens (including phenoxy) is 1. The first-order valence-electron chi connectivity index (χ1n) is 4.38. The lowest BCUT2D eigenvalue weighted by molar-refractivity contribution is 0.126. The normalized spacial score (nSPS) is 35.1. The van der Waals surface area contributed by atoms with Crippen molar-refractivity contribution in [1.29, 1.82) is 0 Å². The standard InChI is InChI=1S/C8H14N2O2/c1-5(2)10-3-6-7(4-10)12-8(11)9-6/h5-7H,3-4H2,1-2H3,(H,9,11). The zero-order valence-corrected chi connectivity index (χ0v) is 7.41. The van der Waals surface area contributed by atoms with E-state index >= 15 is 0 Å². The van der Waals surface area contributed by atoms with Crippen LogP contribution in [0.1, 0.15) is 13.8 Å². The van der Waals surface area contributed by atoms with Crippen molar-refractivity contribution in [3.8, 4) is 0 Å². The number of carbonyl (C=O) groups excluding carboxylic acids is 1. The van der Waals surface area contributed by atoms with Gasteiger partial charge in [0.05, 0.1) is 6.04 Å². The molecule has 1 N–H and O–H groups in total. The Morgan fingerprint density at radius 2 is 2.33 bits per heavy atom. The number of nitrogens with zero attached hydrogens (tertiary/aromatic N) is 1. The molecule has 0 saturated carbocycles. The molecule has 0 radical (unpaired) electrons. The van der Waals surface area contributed by atoms with E-state index in [0.29, 0.717) is 6.04 Å². The van der Waals surface area contributed by atoms with E-state index < -0.39 is 0 Å². The average molecular weight is 170 g/mol. The molecule has 2 unspecified atom stereocenters. The second kappa shape index (κ2) is 2.62. The SMILES string of the molecule is CC(C)N1CC2NC(=O)OC2C1. The lowest BCUT2D eigenvalue weighted by Gasteiger charge is -2.20. The Morgan fingerprint density at radius 1 is 1.58 bits per heavy atom. The minimum atomic E-state index is -0.256. The van der Waals surface area contributed by atoms with Gasteiger partial charge in [-0.25, -0.2) is 4.79 Å². The van der Waals surface area contributed by atoms with E-state index in [1.165, 1.54) is 0 Å². The molecule has 4 heteroatoms. The Kier molecular flexibility index (Phi) is 1.72. The summed E-state index contributed by atoms with van der Waals surface area (Å²) in [6, 6.07) is 0.760. The third kappa shape index (κ3) is 1.16. The van der Waals surface area contributed by atoms with Crippen LogP contribution in [0.4, 0.5) is 4.79 Å². The summed E-state index contributed by atoms with van der Waals surface area (Å²) in [4.78, 5) is 13.1. The molecular formula is C8H14N2O2. The molecule has 68 valence electrons. The maximum atomic E-state index is 10.8. The summed E-state index contributed by atoms with van der Waals surface area (Å²) < 4.78 is 5.07. The Labute approximate surface area is 71.9 Å². The number of hydrogen-bond donors (Lipinski definition) is 1. The summed E-state index contributed by atoms with van der Waals surface area (Å²) >= 11 is 0. The van der Waals surface area contributed by atoms with E-state index in [-0.39, 0.29) is 18.2 Å². The highest BCUT2D eigenvalue weighted by Gasteiger charge is 2.42. The summed E-state index contributed by atoms with van der Waals surface area (Å²) in [6.45, 7) is 6.11. The predicted octanol–water partition coefficient (Wildman–Crippen LogP) is 0.187. The van der Waals surface area contributed by atoms with Gasteiger partial charge in [0, 0.05) is 19.1 Å². The molecule has 0 spiro atoms. The fourth-order valence-electron chi connectivity index (χ4n) is 1.81. The van der Waals surface area contributed by atoms with Gasteiger partial charge in [0.2, 0.25) is 0 Å². The van der Waals surface area contributed by atoms with Crippen LogP contribution >= 0.6 is 0 Å². The third-order valence-corrected chi connectivity index (χ3v) is 2.59. The number of nitrogens with one attached hydrogen (secondary N) is 1. The molecule has 2 atom stereocenters. The lowest BCUT2D eigenvalue weighted by Crippen LogP contribution is -2.35. The van der Waals surface area contributed by atoms with Crippen LogP contribution in [-0.4, -0.2) is 42.3 Å². The van der Waals surface area contributed by atoms with Crippen molar-refractivity contribution in [2.24, 2.45) is 0 Å². The molecule has 2 fully saturated rings.